The minimum Gasteiger partial charge on any atom is -0.296 e. The predicted octanol–water partition coefficient (Wildman–Crippen LogP) is 3.49. The van der Waals surface area contributed by atoms with Crippen LogP contribution in [0.5, 0.6) is 0 Å². The van der Waals surface area contributed by atoms with Gasteiger partial charge in [0.2, 0.25) is 0 Å². The lowest BCUT2D eigenvalue weighted by Gasteiger charge is -2.31. The summed E-state index contributed by atoms with van der Waals surface area (Å²) in [4.78, 5) is 21.9. The fourth-order valence-electron chi connectivity index (χ4n) is 3.08. The molecule has 0 unspecified atom stereocenters. The van der Waals surface area contributed by atoms with E-state index in [-0.39, 0.29) is 11.0 Å². The van der Waals surface area contributed by atoms with Crippen LogP contribution in [0, 0.1) is 5.41 Å². The first-order chi connectivity index (χ1) is 10.5. The maximum atomic E-state index is 12.8. The maximum Gasteiger partial charge on any atom is 0.261 e. The summed E-state index contributed by atoms with van der Waals surface area (Å²) in [6.07, 6.45) is 3.72. The molecule has 0 radical (unpaired) electrons. The van der Waals surface area contributed by atoms with Gasteiger partial charge < -0.3 is 0 Å². The van der Waals surface area contributed by atoms with Gasteiger partial charge in [-0.15, -0.1) is 11.3 Å². The predicted molar refractivity (Wildman–Crippen MR) is 89.2 cm³/mol. The van der Waals surface area contributed by atoms with Crippen molar-refractivity contribution in [2.75, 3.05) is 0 Å². The molecular weight excluding hydrogens is 294 g/mol. The van der Waals surface area contributed by atoms with Crippen LogP contribution in [0.4, 0.5) is 0 Å². The van der Waals surface area contributed by atoms with Gasteiger partial charge in [-0.05, 0) is 24.0 Å². The topological polar surface area (TPSA) is 47.8 Å². The molecule has 22 heavy (non-hydrogen) atoms. The Bertz CT molecular complexity index is 910. The molecule has 3 heterocycles. The van der Waals surface area contributed by atoms with Gasteiger partial charge in [0.25, 0.3) is 5.56 Å². The molecule has 0 saturated heterocycles. The van der Waals surface area contributed by atoms with Crippen LogP contribution in [0.25, 0.3) is 21.5 Å². The summed E-state index contributed by atoms with van der Waals surface area (Å²) < 4.78 is 1.86. The highest BCUT2D eigenvalue weighted by Gasteiger charge is 2.27. The minimum atomic E-state index is 0.0819. The van der Waals surface area contributed by atoms with Crippen LogP contribution in [-0.2, 0) is 13.0 Å². The number of hydrogen-bond acceptors (Lipinski definition) is 4. The molecule has 1 aromatic carbocycles. The van der Waals surface area contributed by atoms with Gasteiger partial charge in [-0.25, -0.2) is 9.97 Å². The maximum absolute atomic E-state index is 12.8. The van der Waals surface area contributed by atoms with Crippen LogP contribution in [0.15, 0.2) is 34.6 Å². The van der Waals surface area contributed by atoms with E-state index in [4.69, 9.17) is 4.98 Å². The molecule has 1 aliphatic heterocycles. The second-order valence-electron chi connectivity index (χ2n) is 6.65. The SMILES string of the molecule is CC1(C)CCc2nc3cc(-c4nccs4)ccc3c(=O)n2C1. The van der Waals surface area contributed by atoms with Crippen molar-refractivity contribution in [3.63, 3.8) is 0 Å². The molecule has 1 aliphatic rings. The van der Waals surface area contributed by atoms with Crippen molar-refractivity contribution in [2.45, 2.75) is 33.2 Å². The first-order valence-corrected chi connectivity index (χ1v) is 8.35. The summed E-state index contributed by atoms with van der Waals surface area (Å²) in [7, 11) is 0. The quantitative estimate of drug-likeness (QED) is 0.691. The fourth-order valence-corrected chi connectivity index (χ4v) is 3.71. The van der Waals surface area contributed by atoms with Crippen molar-refractivity contribution < 1.29 is 0 Å². The number of rotatable bonds is 1. The van der Waals surface area contributed by atoms with Gasteiger partial charge in [0.05, 0.1) is 10.9 Å². The molecule has 0 N–H and O–H groups in total. The molecule has 2 aromatic heterocycles. The number of thiazole rings is 1. The average Bonchev–Trinajstić information content (AvgIpc) is 3.02. The average molecular weight is 311 g/mol. The first kappa shape index (κ1) is 13.6. The van der Waals surface area contributed by atoms with E-state index in [9.17, 15) is 4.79 Å². The van der Waals surface area contributed by atoms with E-state index in [1.807, 2.05) is 28.1 Å². The number of aromatic nitrogens is 3. The number of benzene rings is 1. The van der Waals surface area contributed by atoms with Crippen molar-refractivity contribution in [3.05, 3.63) is 46.0 Å². The van der Waals surface area contributed by atoms with E-state index in [2.05, 4.69) is 18.8 Å². The standard InChI is InChI=1S/C17H17N3OS/c1-17(2)6-5-14-19-13-9-11(15-18-7-8-22-15)3-4-12(13)16(21)20(14)10-17/h3-4,7-9H,5-6,10H2,1-2H3. The molecule has 5 heteroatoms. The molecule has 112 valence electrons. The Morgan fingerprint density at radius 2 is 2.18 bits per heavy atom. The Morgan fingerprint density at radius 1 is 1.32 bits per heavy atom. The highest BCUT2D eigenvalue weighted by Crippen LogP contribution is 2.30. The highest BCUT2D eigenvalue weighted by molar-refractivity contribution is 7.13. The summed E-state index contributed by atoms with van der Waals surface area (Å²) in [6, 6.07) is 5.83. The van der Waals surface area contributed by atoms with Crippen LogP contribution in [0.3, 0.4) is 0 Å². The van der Waals surface area contributed by atoms with E-state index in [0.29, 0.717) is 5.39 Å². The molecule has 0 aliphatic carbocycles. The number of aryl methyl sites for hydroxylation is 1. The van der Waals surface area contributed by atoms with E-state index in [1.165, 1.54) is 0 Å². The van der Waals surface area contributed by atoms with Gasteiger partial charge in [-0.2, -0.15) is 0 Å². The van der Waals surface area contributed by atoms with E-state index >= 15 is 0 Å². The first-order valence-electron chi connectivity index (χ1n) is 7.47. The third-order valence-electron chi connectivity index (χ3n) is 4.33. The number of nitrogens with zero attached hydrogens (tertiary/aromatic N) is 3. The molecule has 0 fully saturated rings. The Balaban J connectivity index is 1.92. The Morgan fingerprint density at radius 3 is 2.95 bits per heavy atom. The highest BCUT2D eigenvalue weighted by atomic mass is 32.1. The van der Waals surface area contributed by atoms with Crippen LogP contribution in [0.1, 0.15) is 26.1 Å². The second kappa shape index (κ2) is 4.74. The molecule has 0 saturated carbocycles. The van der Waals surface area contributed by atoms with Crippen LogP contribution in [-0.4, -0.2) is 14.5 Å². The summed E-state index contributed by atoms with van der Waals surface area (Å²) in [5.74, 6) is 0.910. The van der Waals surface area contributed by atoms with Gasteiger partial charge in [0.1, 0.15) is 10.8 Å². The zero-order chi connectivity index (χ0) is 15.3. The van der Waals surface area contributed by atoms with Crippen molar-refractivity contribution in [1.82, 2.24) is 14.5 Å². The lowest BCUT2D eigenvalue weighted by molar-refractivity contribution is 0.240. The molecule has 4 rings (SSSR count). The van der Waals surface area contributed by atoms with Crippen molar-refractivity contribution in [3.8, 4) is 10.6 Å². The zero-order valence-corrected chi connectivity index (χ0v) is 13.5. The molecule has 4 nitrogen and oxygen atoms in total. The summed E-state index contributed by atoms with van der Waals surface area (Å²) in [6.45, 7) is 5.16. The molecular formula is C17H17N3OS. The molecule has 3 aromatic rings. The van der Waals surface area contributed by atoms with Crippen molar-refractivity contribution in [1.29, 1.82) is 0 Å². The van der Waals surface area contributed by atoms with Crippen LogP contribution < -0.4 is 5.56 Å². The molecule has 0 atom stereocenters. The monoisotopic (exact) mass is 311 g/mol. The van der Waals surface area contributed by atoms with E-state index < -0.39 is 0 Å². The Kier molecular flexibility index (Phi) is 2.94. The number of fused-ring (bicyclic) bond motifs is 2. The van der Waals surface area contributed by atoms with E-state index in [1.54, 1.807) is 17.5 Å². The molecule has 0 amide bonds. The van der Waals surface area contributed by atoms with Gasteiger partial charge in [-0.3, -0.25) is 9.36 Å². The number of hydrogen-bond donors (Lipinski definition) is 0. The zero-order valence-electron chi connectivity index (χ0n) is 12.7. The summed E-state index contributed by atoms with van der Waals surface area (Å²) in [5.41, 5.74) is 2.05. The molecule has 0 spiro atoms. The van der Waals surface area contributed by atoms with Crippen LogP contribution >= 0.6 is 11.3 Å². The van der Waals surface area contributed by atoms with Crippen molar-refractivity contribution in [2.24, 2.45) is 5.41 Å². The summed E-state index contributed by atoms with van der Waals surface area (Å²) >= 11 is 1.60. The third kappa shape index (κ3) is 2.16. The normalized spacial score (nSPS) is 16.6. The summed E-state index contributed by atoms with van der Waals surface area (Å²) in [5, 5.41) is 3.61. The van der Waals surface area contributed by atoms with Gasteiger partial charge in [0.15, 0.2) is 0 Å². The lowest BCUT2D eigenvalue weighted by Crippen LogP contribution is -2.36. The van der Waals surface area contributed by atoms with Crippen molar-refractivity contribution >= 4 is 22.2 Å². The van der Waals surface area contributed by atoms with Gasteiger partial charge >= 0.3 is 0 Å². The third-order valence-corrected chi connectivity index (χ3v) is 5.15. The Labute approximate surface area is 132 Å². The van der Waals surface area contributed by atoms with Gasteiger partial charge in [-0.1, -0.05) is 19.9 Å². The molecule has 0 bridgehead atoms. The second-order valence-corrected chi connectivity index (χ2v) is 7.55. The lowest BCUT2D eigenvalue weighted by atomic mass is 9.85. The van der Waals surface area contributed by atoms with E-state index in [0.717, 1.165) is 41.3 Å². The van der Waals surface area contributed by atoms with Crippen LogP contribution in [0.2, 0.25) is 0 Å². The fraction of sp³-hybridized carbons (Fsp3) is 0.353. The smallest absolute Gasteiger partial charge is 0.261 e. The Hall–Kier alpha value is -2.01. The van der Waals surface area contributed by atoms with Gasteiger partial charge in [0, 0.05) is 30.1 Å². The largest absolute Gasteiger partial charge is 0.296 e. The minimum absolute atomic E-state index is 0.0819.